The molecule has 6 heteroatoms. The van der Waals surface area contributed by atoms with Crippen LogP contribution in [0.1, 0.15) is 34.1 Å². The van der Waals surface area contributed by atoms with Crippen LogP contribution >= 0.6 is 0 Å². The number of carbonyl (C=O) groups is 1. The average Bonchev–Trinajstić information content (AvgIpc) is 1.99. The normalized spacial score (nSPS) is 15.1. The Morgan fingerprint density at radius 1 is 1.38 bits per heavy atom. The van der Waals surface area contributed by atoms with Crippen molar-refractivity contribution in [3.05, 3.63) is 0 Å². The van der Waals surface area contributed by atoms with E-state index in [2.05, 4.69) is 0 Å². The van der Waals surface area contributed by atoms with E-state index in [1.54, 1.807) is 27.7 Å². The summed E-state index contributed by atoms with van der Waals surface area (Å²) in [5.41, 5.74) is -0.385. The molecule has 0 amide bonds. The van der Waals surface area contributed by atoms with Crippen LogP contribution in [-0.4, -0.2) is 42.6 Å². The van der Waals surface area contributed by atoms with Gasteiger partial charge in [-0.15, -0.1) is 0 Å². The first-order valence-corrected chi connectivity index (χ1v) is 6.80. The van der Waals surface area contributed by atoms with Crippen LogP contribution < -0.4 is 0 Å². The third kappa shape index (κ3) is 4.49. The monoisotopic (exact) mass is 251 g/mol. The van der Waals surface area contributed by atoms with Crippen molar-refractivity contribution in [1.82, 2.24) is 4.31 Å². The lowest BCUT2D eigenvalue weighted by molar-refractivity contribution is -0.141. The predicted octanol–water partition coefficient (Wildman–Crippen LogP) is 1.16. The minimum absolute atomic E-state index is 0.0553. The summed E-state index contributed by atoms with van der Waals surface area (Å²) >= 11 is 0. The van der Waals surface area contributed by atoms with Gasteiger partial charge in [0.05, 0.1) is 5.75 Å². The Balaban J connectivity index is 4.96. The van der Waals surface area contributed by atoms with Crippen molar-refractivity contribution in [1.29, 1.82) is 0 Å². The molecule has 0 aliphatic rings. The van der Waals surface area contributed by atoms with Gasteiger partial charge in [-0.25, -0.2) is 8.42 Å². The second kappa shape index (κ2) is 5.14. The second-order valence-electron chi connectivity index (χ2n) is 5.10. The molecule has 1 N–H and O–H groups in total. The minimum Gasteiger partial charge on any atom is -0.480 e. The molecule has 0 aliphatic carbocycles. The quantitative estimate of drug-likeness (QED) is 0.795. The Kier molecular flexibility index (Phi) is 4.94. The van der Waals surface area contributed by atoms with E-state index in [1.807, 2.05) is 0 Å². The topological polar surface area (TPSA) is 74.7 Å². The van der Waals surface area contributed by atoms with Crippen molar-refractivity contribution < 1.29 is 18.3 Å². The zero-order chi connectivity index (χ0) is 13.1. The maximum absolute atomic E-state index is 11.9. The molecule has 0 heterocycles. The molecular formula is C10H21NO4S. The fourth-order valence-electron chi connectivity index (χ4n) is 1.43. The molecule has 0 aromatic rings. The van der Waals surface area contributed by atoms with E-state index in [0.717, 1.165) is 4.31 Å². The molecule has 0 bridgehead atoms. The number of sulfonamides is 1. The van der Waals surface area contributed by atoms with E-state index in [9.17, 15) is 13.2 Å². The second-order valence-corrected chi connectivity index (χ2v) is 7.12. The first kappa shape index (κ1) is 15.4. The number of carboxylic acid groups (broad SMARTS) is 1. The molecule has 0 aliphatic heterocycles. The molecule has 0 spiro atoms. The molecule has 0 saturated heterocycles. The number of hydrogen-bond donors (Lipinski definition) is 1. The Morgan fingerprint density at radius 3 is 2.06 bits per heavy atom. The van der Waals surface area contributed by atoms with E-state index in [0.29, 0.717) is 0 Å². The average molecular weight is 251 g/mol. The summed E-state index contributed by atoms with van der Waals surface area (Å²) in [5.74, 6) is -1.16. The van der Waals surface area contributed by atoms with Crippen molar-refractivity contribution >= 4 is 16.0 Å². The Hall–Kier alpha value is -0.620. The molecule has 0 saturated carbocycles. The molecule has 16 heavy (non-hydrogen) atoms. The fraction of sp³-hybridized carbons (Fsp3) is 0.900. The van der Waals surface area contributed by atoms with E-state index in [1.165, 1.54) is 7.05 Å². The van der Waals surface area contributed by atoms with Crippen molar-refractivity contribution in [3.8, 4) is 0 Å². The fourth-order valence-corrected chi connectivity index (χ4v) is 3.36. The predicted molar refractivity (Wildman–Crippen MR) is 62.7 cm³/mol. The maximum Gasteiger partial charge on any atom is 0.321 e. The zero-order valence-corrected chi connectivity index (χ0v) is 11.3. The summed E-state index contributed by atoms with van der Waals surface area (Å²) in [4.78, 5) is 10.9. The molecule has 1 atom stereocenters. The molecule has 0 fully saturated rings. The number of nitrogens with zero attached hydrogens (tertiary/aromatic N) is 1. The van der Waals surface area contributed by atoms with Crippen molar-refractivity contribution in [3.63, 3.8) is 0 Å². The van der Waals surface area contributed by atoms with Gasteiger partial charge in [0.15, 0.2) is 0 Å². The van der Waals surface area contributed by atoms with E-state index in [-0.39, 0.29) is 17.6 Å². The molecule has 0 radical (unpaired) electrons. The van der Waals surface area contributed by atoms with Crippen LogP contribution in [-0.2, 0) is 14.8 Å². The Labute approximate surface area is 97.5 Å². The number of carboxylic acids is 1. The number of aliphatic carboxylic acids is 1. The maximum atomic E-state index is 11.9. The molecular weight excluding hydrogens is 230 g/mol. The molecule has 5 nitrogen and oxygen atoms in total. The van der Waals surface area contributed by atoms with Crippen LogP contribution in [0, 0.1) is 5.41 Å². The van der Waals surface area contributed by atoms with Crippen LogP contribution in [0.2, 0.25) is 0 Å². The Morgan fingerprint density at radius 2 is 1.81 bits per heavy atom. The smallest absolute Gasteiger partial charge is 0.321 e. The molecule has 0 rings (SSSR count). The molecule has 96 valence electrons. The van der Waals surface area contributed by atoms with Gasteiger partial charge in [-0.1, -0.05) is 27.7 Å². The first-order valence-electron chi connectivity index (χ1n) is 5.20. The summed E-state index contributed by atoms with van der Waals surface area (Å²) in [6, 6.07) is -0.979. The largest absolute Gasteiger partial charge is 0.480 e. The van der Waals surface area contributed by atoms with Crippen LogP contribution in [0.25, 0.3) is 0 Å². The summed E-state index contributed by atoms with van der Waals surface area (Å²) in [6.45, 7) is 7.07. The van der Waals surface area contributed by atoms with E-state index >= 15 is 0 Å². The standard InChI is InChI=1S/C10H21NO4S/c1-6-8(9(12)13)11(5)16(14,15)7-10(2,3)4/h8H,6-7H2,1-5H3,(H,12,13). The van der Waals surface area contributed by atoms with Gasteiger partial charge in [-0.3, -0.25) is 4.79 Å². The number of likely N-dealkylation sites (N-methyl/N-ethyl adjacent to an activating group) is 1. The first-order chi connectivity index (χ1) is 7.01. The number of rotatable bonds is 5. The molecule has 0 aromatic heterocycles. The summed E-state index contributed by atoms with van der Waals surface area (Å²) in [6.07, 6.45) is 0.259. The van der Waals surface area contributed by atoms with Gasteiger partial charge in [0.2, 0.25) is 10.0 Å². The van der Waals surface area contributed by atoms with Crippen LogP contribution in [0.5, 0.6) is 0 Å². The van der Waals surface area contributed by atoms with Crippen LogP contribution in [0.4, 0.5) is 0 Å². The summed E-state index contributed by atoms with van der Waals surface area (Å²) in [7, 11) is -2.20. The minimum atomic E-state index is -3.52. The summed E-state index contributed by atoms with van der Waals surface area (Å²) < 4.78 is 24.8. The Bertz CT molecular complexity index is 342. The zero-order valence-electron chi connectivity index (χ0n) is 10.5. The van der Waals surface area contributed by atoms with Gasteiger partial charge in [0.1, 0.15) is 6.04 Å². The van der Waals surface area contributed by atoms with Crippen molar-refractivity contribution in [2.45, 2.75) is 40.2 Å². The van der Waals surface area contributed by atoms with Crippen LogP contribution in [0.3, 0.4) is 0 Å². The van der Waals surface area contributed by atoms with Gasteiger partial charge in [0.25, 0.3) is 0 Å². The van der Waals surface area contributed by atoms with Crippen molar-refractivity contribution in [2.75, 3.05) is 12.8 Å². The van der Waals surface area contributed by atoms with Crippen LogP contribution in [0.15, 0.2) is 0 Å². The van der Waals surface area contributed by atoms with Gasteiger partial charge < -0.3 is 5.11 Å². The highest BCUT2D eigenvalue weighted by Crippen LogP contribution is 2.20. The highest BCUT2D eigenvalue weighted by molar-refractivity contribution is 7.89. The lowest BCUT2D eigenvalue weighted by Crippen LogP contribution is -2.44. The van der Waals surface area contributed by atoms with Gasteiger partial charge in [-0.05, 0) is 11.8 Å². The lowest BCUT2D eigenvalue weighted by atomic mass is 10.0. The van der Waals surface area contributed by atoms with E-state index < -0.39 is 22.0 Å². The summed E-state index contributed by atoms with van der Waals surface area (Å²) in [5, 5.41) is 8.90. The molecule has 0 aromatic carbocycles. The van der Waals surface area contributed by atoms with Gasteiger partial charge in [-0.2, -0.15) is 4.31 Å². The third-order valence-corrected chi connectivity index (χ3v) is 4.53. The van der Waals surface area contributed by atoms with Gasteiger partial charge >= 0.3 is 5.97 Å². The highest BCUT2D eigenvalue weighted by atomic mass is 32.2. The SMILES string of the molecule is CCC(C(=O)O)N(C)S(=O)(=O)CC(C)(C)C. The van der Waals surface area contributed by atoms with Gasteiger partial charge in [0, 0.05) is 7.05 Å². The van der Waals surface area contributed by atoms with Crippen molar-refractivity contribution in [2.24, 2.45) is 5.41 Å². The number of hydrogen-bond acceptors (Lipinski definition) is 3. The highest BCUT2D eigenvalue weighted by Gasteiger charge is 2.32. The molecule has 1 unspecified atom stereocenters. The van der Waals surface area contributed by atoms with E-state index in [4.69, 9.17) is 5.11 Å². The third-order valence-electron chi connectivity index (χ3n) is 2.16. The lowest BCUT2D eigenvalue weighted by Gasteiger charge is -2.27.